The van der Waals surface area contributed by atoms with Crippen LogP contribution in [0.5, 0.6) is 0 Å². The third-order valence-corrected chi connectivity index (χ3v) is 5.13. The first-order valence-electron chi connectivity index (χ1n) is 8.58. The molecule has 0 spiro atoms. The number of nitrogens with one attached hydrogen (secondary N) is 1. The summed E-state index contributed by atoms with van der Waals surface area (Å²) < 4.78 is 5.54. The average molecular weight is 367 g/mol. The molecule has 134 valence electrons. The highest BCUT2D eigenvalue weighted by atomic mass is 31.0. The summed E-state index contributed by atoms with van der Waals surface area (Å²) in [5.74, 6) is -0.754. The van der Waals surface area contributed by atoms with Gasteiger partial charge in [-0.1, -0.05) is 66.3 Å². The van der Waals surface area contributed by atoms with E-state index in [1.807, 2.05) is 60.7 Å². The van der Waals surface area contributed by atoms with E-state index in [1.165, 1.54) is 0 Å². The fourth-order valence-electron chi connectivity index (χ4n) is 3.24. The first-order chi connectivity index (χ1) is 12.6. The molecule has 1 N–H and O–H groups in total. The molecule has 1 aliphatic carbocycles. The molecule has 0 fully saturated rings. The SMILES string of the molecule is CC1=C(C(=O)OCc2ccccc2)C(C2=CC=CC=CC2P)CC(=O)N1. The summed E-state index contributed by atoms with van der Waals surface area (Å²) in [4.78, 5) is 24.9. The third kappa shape index (κ3) is 4.20. The van der Waals surface area contributed by atoms with Gasteiger partial charge < -0.3 is 10.1 Å². The Morgan fingerprint density at radius 1 is 1.23 bits per heavy atom. The number of amides is 1. The number of hydrogen-bond acceptors (Lipinski definition) is 3. The lowest BCUT2D eigenvalue weighted by molar-refractivity contribution is -0.141. The summed E-state index contributed by atoms with van der Waals surface area (Å²) in [5.41, 5.74) is 3.10. The second kappa shape index (κ2) is 8.29. The fourth-order valence-corrected chi connectivity index (χ4v) is 3.71. The van der Waals surface area contributed by atoms with Crippen molar-refractivity contribution in [2.24, 2.45) is 5.92 Å². The molecule has 0 radical (unpaired) electrons. The van der Waals surface area contributed by atoms with Crippen molar-refractivity contribution >= 4 is 21.1 Å². The maximum absolute atomic E-state index is 12.8. The molecule has 3 atom stereocenters. The van der Waals surface area contributed by atoms with Gasteiger partial charge in [0.25, 0.3) is 0 Å². The highest BCUT2D eigenvalue weighted by Crippen LogP contribution is 2.35. The average Bonchev–Trinajstić information content (AvgIpc) is 2.84. The quantitative estimate of drug-likeness (QED) is 0.655. The molecule has 0 aromatic heterocycles. The van der Waals surface area contributed by atoms with E-state index in [-0.39, 0.29) is 36.5 Å². The number of carbonyl (C=O) groups is 2. The van der Waals surface area contributed by atoms with Gasteiger partial charge in [0.15, 0.2) is 0 Å². The van der Waals surface area contributed by atoms with E-state index in [2.05, 4.69) is 14.6 Å². The monoisotopic (exact) mass is 367 g/mol. The number of hydrogen-bond donors (Lipinski definition) is 1. The van der Waals surface area contributed by atoms with Gasteiger partial charge in [0, 0.05) is 23.7 Å². The Hall–Kier alpha value is -2.45. The molecule has 1 aliphatic heterocycles. The molecule has 3 rings (SSSR count). The van der Waals surface area contributed by atoms with Gasteiger partial charge in [0.05, 0.1) is 5.57 Å². The van der Waals surface area contributed by atoms with Crippen molar-refractivity contribution in [2.75, 3.05) is 0 Å². The van der Waals surface area contributed by atoms with Gasteiger partial charge in [-0.05, 0) is 12.5 Å². The molecule has 2 aliphatic rings. The normalized spacial score (nSPS) is 22.5. The Morgan fingerprint density at radius 2 is 2.00 bits per heavy atom. The minimum absolute atomic E-state index is 0.0608. The van der Waals surface area contributed by atoms with Gasteiger partial charge in [-0.25, -0.2) is 4.79 Å². The molecule has 0 saturated heterocycles. The minimum Gasteiger partial charge on any atom is -0.457 e. The van der Waals surface area contributed by atoms with Gasteiger partial charge in [-0.15, -0.1) is 9.24 Å². The standard InChI is InChI=1S/C21H22NO3P/c1-14-20(21(24)25-13-15-8-4-2-5-9-15)17(12-19(23)22-14)16-10-6-3-7-11-18(16)26/h2-11,17-18H,12-13,26H2,1H3,(H,22,23). The predicted octanol–water partition coefficient (Wildman–Crippen LogP) is 3.44. The van der Waals surface area contributed by atoms with Crippen LogP contribution in [0.1, 0.15) is 18.9 Å². The van der Waals surface area contributed by atoms with E-state index in [4.69, 9.17) is 4.74 Å². The van der Waals surface area contributed by atoms with Crippen molar-refractivity contribution in [3.8, 4) is 0 Å². The Bertz CT molecular complexity index is 821. The Kier molecular flexibility index (Phi) is 5.85. The Balaban J connectivity index is 1.85. The molecule has 1 aromatic rings. The first-order valence-corrected chi connectivity index (χ1v) is 9.25. The highest BCUT2D eigenvalue weighted by molar-refractivity contribution is 7.18. The molecular formula is C21H22NO3P. The lowest BCUT2D eigenvalue weighted by atomic mass is 9.82. The van der Waals surface area contributed by atoms with Crippen LogP contribution in [-0.4, -0.2) is 17.5 Å². The zero-order valence-electron chi connectivity index (χ0n) is 14.6. The topological polar surface area (TPSA) is 55.4 Å². The van der Waals surface area contributed by atoms with Crippen molar-refractivity contribution in [2.45, 2.75) is 25.6 Å². The highest BCUT2D eigenvalue weighted by Gasteiger charge is 2.35. The molecule has 3 unspecified atom stereocenters. The summed E-state index contributed by atoms with van der Waals surface area (Å²) in [5, 5.41) is 2.78. The molecule has 4 nitrogen and oxygen atoms in total. The van der Waals surface area contributed by atoms with Crippen LogP contribution in [-0.2, 0) is 20.9 Å². The second-order valence-electron chi connectivity index (χ2n) is 6.37. The summed E-state index contributed by atoms with van der Waals surface area (Å²) in [7, 11) is 2.77. The number of rotatable bonds is 4. The van der Waals surface area contributed by atoms with E-state index in [0.29, 0.717) is 11.3 Å². The van der Waals surface area contributed by atoms with E-state index >= 15 is 0 Å². The van der Waals surface area contributed by atoms with E-state index < -0.39 is 0 Å². The summed E-state index contributed by atoms with van der Waals surface area (Å²) in [6, 6.07) is 9.56. The van der Waals surface area contributed by atoms with Crippen molar-refractivity contribution in [1.29, 1.82) is 0 Å². The van der Waals surface area contributed by atoms with Gasteiger partial charge in [-0.2, -0.15) is 0 Å². The number of esters is 1. The Labute approximate surface area is 155 Å². The molecule has 1 heterocycles. The number of allylic oxidation sites excluding steroid dienone is 7. The third-order valence-electron chi connectivity index (χ3n) is 4.52. The van der Waals surface area contributed by atoms with Crippen molar-refractivity contribution in [3.05, 3.63) is 83.1 Å². The van der Waals surface area contributed by atoms with Crippen LogP contribution in [0, 0.1) is 5.92 Å². The van der Waals surface area contributed by atoms with E-state index in [0.717, 1.165) is 11.1 Å². The lowest BCUT2D eigenvalue weighted by Gasteiger charge is -2.30. The number of benzene rings is 1. The Morgan fingerprint density at radius 3 is 2.77 bits per heavy atom. The van der Waals surface area contributed by atoms with E-state index in [1.54, 1.807) is 6.92 Å². The second-order valence-corrected chi connectivity index (χ2v) is 7.09. The molecule has 0 bridgehead atoms. The van der Waals surface area contributed by atoms with Crippen LogP contribution in [0.4, 0.5) is 0 Å². The summed E-state index contributed by atoms with van der Waals surface area (Å²) >= 11 is 0. The molecule has 26 heavy (non-hydrogen) atoms. The van der Waals surface area contributed by atoms with E-state index in [9.17, 15) is 9.59 Å². The molecule has 0 saturated carbocycles. The minimum atomic E-state index is -0.383. The largest absolute Gasteiger partial charge is 0.457 e. The van der Waals surface area contributed by atoms with Crippen molar-refractivity contribution < 1.29 is 14.3 Å². The van der Waals surface area contributed by atoms with Gasteiger partial charge in [0.2, 0.25) is 5.91 Å². The summed E-state index contributed by atoms with van der Waals surface area (Å²) in [6.45, 7) is 1.96. The maximum Gasteiger partial charge on any atom is 0.336 e. The number of carbonyl (C=O) groups excluding carboxylic acids is 2. The fraction of sp³-hybridized carbons (Fsp3) is 0.238. The van der Waals surface area contributed by atoms with Crippen molar-refractivity contribution in [1.82, 2.24) is 5.32 Å². The molecular weight excluding hydrogens is 345 g/mol. The molecule has 1 aromatic carbocycles. The lowest BCUT2D eigenvalue weighted by Crippen LogP contribution is -2.37. The smallest absolute Gasteiger partial charge is 0.336 e. The zero-order chi connectivity index (χ0) is 18.5. The van der Waals surface area contributed by atoms with Crippen LogP contribution in [0.3, 0.4) is 0 Å². The van der Waals surface area contributed by atoms with Gasteiger partial charge >= 0.3 is 5.97 Å². The zero-order valence-corrected chi connectivity index (χ0v) is 15.8. The van der Waals surface area contributed by atoms with Crippen LogP contribution in [0.15, 0.2) is 77.6 Å². The van der Waals surface area contributed by atoms with Gasteiger partial charge in [-0.3, -0.25) is 4.79 Å². The molecule has 1 amide bonds. The first kappa shape index (κ1) is 18.3. The van der Waals surface area contributed by atoms with Crippen molar-refractivity contribution in [3.63, 3.8) is 0 Å². The number of ether oxygens (including phenoxy) is 1. The van der Waals surface area contributed by atoms with Crippen LogP contribution < -0.4 is 5.32 Å². The summed E-state index contributed by atoms with van der Waals surface area (Å²) in [6.07, 6.45) is 10.1. The molecule has 5 heteroatoms. The van der Waals surface area contributed by atoms with Crippen LogP contribution in [0.2, 0.25) is 0 Å². The van der Waals surface area contributed by atoms with Gasteiger partial charge in [0.1, 0.15) is 6.61 Å². The van der Waals surface area contributed by atoms with Crippen LogP contribution >= 0.6 is 9.24 Å². The predicted molar refractivity (Wildman–Crippen MR) is 105 cm³/mol. The maximum atomic E-state index is 12.8. The van der Waals surface area contributed by atoms with Crippen LogP contribution in [0.25, 0.3) is 0 Å².